The van der Waals surface area contributed by atoms with Crippen LogP contribution in [0, 0.1) is 0 Å². The number of halogens is 1. The Morgan fingerprint density at radius 3 is 2.12 bits per heavy atom. The Hall–Kier alpha value is 0.280. The first-order valence-corrected chi connectivity index (χ1v) is 8.51. The minimum absolute atomic E-state index is 0.404. The summed E-state index contributed by atoms with van der Waals surface area (Å²) in [6.45, 7) is 4.09. The zero-order valence-corrected chi connectivity index (χ0v) is 12.9. The van der Waals surface area contributed by atoms with E-state index in [-0.39, 0.29) is 0 Å². The van der Waals surface area contributed by atoms with Gasteiger partial charge in [-0.1, -0.05) is 6.92 Å². The molecule has 0 fully saturated rings. The van der Waals surface area contributed by atoms with Gasteiger partial charge < -0.3 is 9.05 Å². The Kier molecular flexibility index (Phi) is 8.53. The Labute approximate surface area is 111 Å². The third kappa shape index (κ3) is 5.63. The predicted octanol–water partition coefficient (Wildman–Crippen LogP) is 3.19. The van der Waals surface area contributed by atoms with E-state index >= 15 is 0 Å². The Bertz CT molecular complexity index is 286. The molecule has 0 atom stereocenters. The van der Waals surface area contributed by atoms with Crippen LogP contribution in [0.5, 0.6) is 0 Å². The SMILES string of the molecule is CCOP(=S)(OCC)N(CC)SN(C)C(=O)F. The van der Waals surface area contributed by atoms with Gasteiger partial charge in [0.05, 0.1) is 25.3 Å². The molecule has 0 spiro atoms. The molecule has 0 saturated carbocycles. The van der Waals surface area contributed by atoms with E-state index in [9.17, 15) is 9.18 Å². The summed E-state index contributed by atoms with van der Waals surface area (Å²) in [6, 6.07) is 0. The van der Waals surface area contributed by atoms with Gasteiger partial charge in [-0.3, -0.25) is 0 Å². The van der Waals surface area contributed by atoms with Crippen LogP contribution in [0.25, 0.3) is 0 Å². The quantitative estimate of drug-likeness (QED) is 0.297. The summed E-state index contributed by atoms with van der Waals surface area (Å²) in [5.41, 5.74) is 0. The summed E-state index contributed by atoms with van der Waals surface area (Å²) in [6.07, 6.45) is -1.54. The molecule has 0 N–H and O–H groups in total. The number of hydrogen-bond donors (Lipinski definition) is 0. The summed E-state index contributed by atoms with van der Waals surface area (Å²) < 4.78 is 25.8. The van der Waals surface area contributed by atoms with Gasteiger partial charge in [-0.2, -0.15) is 4.08 Å². The topological polar surface area (TPSA) is 42.0 Å². The van der Waals surface area contributed by atoms with Gasteiger partial charge in [0.15, 0.2) is 0 Å². The predicted molar refractivity (Wildman–Crippen MR) is 71.8 cm³/mol. The van der Waals surface area contributed by atoms with Crippen molar-refractivity contribution in [1.29, 1.82) is 0 Å². The molecule has 0 saturated heterocycles. The molecular weight excluding hydrogens is 286 g/mol. The molecule has 0 radical (unpaired) electrons. The average molecular weight is 304 g/mol. The standard InChI is InChI=1S/C8H18FN2O3PS2/c1-5-11(17-10(4)8(9)12)15(16,13-6-2)14-7-3/h5-7H2,1-4H3. The second-order valence-electron chi connectivity index (χ2n) is 2.80. The lowest BCUT2D eigenvalue weighted by molar-refractivity contribution is 0.208. The van der Waals surface area contributed by atoms with E-state index in [0.29, 0.717) is 19.8 Å². The lowest BCUT2D eigenvalue weighted by atomic mass is 10.8. The molecule has 102 valence electrons. The number of rotatable bonds is 8. The normalized spacial score (nSPS) is 11.9. The molecular formula is C8H18FN2O3PS2. The molecule has 17 heavy (non-hydrogen) atoms. The second kappa shape index (κ2) is 8.39. The van der Waals surface area contributed by atoms with Crippen molar-refractivity contribution < 1.29 is 18.2 Å². The van der Waals surface area contributed by atoms with Crippen LogP contribution in [0.4, 0.5) is 9.18 Å². The highest BCUT2D eigenvalue weighted by Gasteiger charge is 2.30. The molecule has 0 aromatic heterocycles. The van der Waals surface area contributed by atoms with Crippen LogP contribution >= 0.6 is 18.8 Å². The zero-order valence-electron chi connectivity index (χ0n) is 10.4. The van der Waals surface area contributed by atoms with Crippen LogP contribution in [0.2, 0.25) is 0 Å². The van der Waals surface area contributed by atoms with Crippen molar-refractivity contribution in [3.63, 3.8) is 0 Å². The van der Waals surface area contributed by atoms with Crippen molar-refractivity contribution in [3.8, 4) is 0 Å². The van der Waals surface area contributed by atoms with Gasteiger partial charge >= 0.3 is 6.16 Å². The minimum atomic E-state index is -2.65. The second-order valence-corrected chi connectivity index (χ2v) is 7.55. The molecule has 0 aromatic carbocycles. The van der Waals surface area contributed by atoms with E-state index in [1.807, 2.05) is 20.8 Å². The third-order valence-electron chi connectivity index (χ3n) is 1.59. The van der Waals surface area contributed by atoms with Crippen molar-refractivity contribution in [2.24, 2.45) is 0 Å². The van der Waals surface area contributed by atoms with Gasteiger partial charge in [0.25, 0.3) is 6.64 Å². The maximum Gasteiger partial charge on any atom is 0.410 e. The molecule has 0 aliphatic rings. The smallest absolute Gasteiger partial charge is 0.318 e. The van der Waals surface area contributed by atoms with Crippen LogP contribution in [-0.4, -0.2) is 41.3 Å². The minimum Gasteiger partial charge on any atom is -0.318 e. The lowest BCUT2D eigenvalue weighted by Crippen LogP contribution is -2.24. The number of carbonyl (C=O) groups is 1. The van der Waals surface area contributed by atoms with E-state index in [0.717, 1.165) is 16.4 Å². The highest BCUT2D eigenvalue weighted by molar-refractivity contribution is 8.15. The zero-order chi connectivity index (χ0) is 13.5. The highest BCUT2D eigenvalue weighted by atomic mass is 32.5. The largest absolute Gasteiger partial charge is 0.410 e. The van der Waals surface area contributed by atoms with E-state index in [2.05, 4.69) is 0 Å². The van der Waals surface area contributed by atoms with Crippen LogP contribution in [0.1, 0.15) is 20.8 Å². The van der Waals surface area contributed by atoms with Gasteiger partial charge in [-0.05, 0) is 25.7 Å². The Morgan fingerprint density at radius 1 is 1.35 bits per heavy atom. The fourth-order valence-electron chi connectivity index (χ4n) is 0.941. The van der Waals surface area contributed by atoms with E-state index < -0.39 is 12.8 Å². The van der Waals surface area contributed by atoms with Gasteiger partial charge in [-0.25, -0.2) is 9.10 Å². The van der Waals surface area contributed by atoms with Crippen molar-refractivity contribution in [3.05, 3.63) is 0 Å². The van der Waals surface area contributed by atoms with Crippen LogP contribution in [0.15, 0.2) is 0 Å². The average Bonchev–Trinajstić information content (AvgIpc) is 2.25. The molecule has 0 aromatic rings. The molecule has 0 aliphatic heterocycles. The highest BCUT2D eigenvalue weighted by Crippen LogP contribution is 2.55. The van der Waals surface area contributed by atoms with Crippen LogP contribution < -0.4 is 0 Å². The van der Waals surface area contributed by atoms with Crippen LogP contribution in [-0.2, 0) is 20.9 Å². The molecule has 0 rings (SSSR count). The molecule has 0 heterocycles. The van der Waals surface area contributed by atoms with Gasteiger partial charge in [0.2, 0.25) is 0 Å². The number of carbonyl (C=O) groups excluding carboxylic acids is 1. The Balaban J connectivity index is 4.78. The van der Waals surface area contributed by atoms with Gasteiger partial charge in [-0.15, -0.1) is 4.39 Å². The summed E-state index contributed by atoms with van der Waals surface area (Å²) >= 11 is 6.21. The molecule has 9 heteroatoms. The van der Waals surface area contributed by atoms with Crippen molar-refractivity contribution in [2.45, 2.75) is 20.8 Å². The van der Waals surface area contributed by atoms with Gasteiger partial charge in [0.1, 0.15) is 0 Å². The third-order valence-corrected chi connectivity index (χ3v) is 6.82. The molecule has 5 nitrogen and oxygen atoms in total. The summed E-state index contributed by atoms with van der Waals surface area (Å²) in [7, 11) is 1.33. The first-order chi connectivity index (χ1) is 7.91. The number of nitrogens with zero attached hydrogens (tertiary/aromatic N) is 2. The number of amides is 1. The van der Waals surface area contributed by atoms with Crippen LogP contribution in [0.3, 0.4) is 0 Å². The number of hydrogen-bond acceptors (Lipinski definition) is 5. The summed E-state index contributed by atoms with van der Waals surface area (Å²) in [5.74, 6) is 0. The Morgan fingerprint density at radius 2 is 1.82 bits per heavy atom. The fourth-order valence-corrected chi connectivity index (χ4v) is 4.95. The fraction of sp³-hybridized carbons (Fsp3) is 0.875. The molecule has 0 aliphatic carbocycles. The summed E-state index contributed by atoms with van der Waals surface area (Å²) in [5, 5.41) is 0. The van der Waals surface area contributed by atoms with Crippen molar-refractivity contribution in [1.82, 2.24) is 8.38 Å². The van der Waals surface area contributed by atoms with E-state index in [1.54, 1.807) is 4.08 Å². The molecule has 0 bridgehead atoms. The first kappa shape index (κ1) is 17.3. The maximum absolute atomic E-state index is 12.5. The molecule has 0 unspecified atom stereocenters. The van der Waals surface area contributed by atoms with E-state index in [1.165, 1.54) is 7.05 Å². The van der Waals surface area contributed by atoms with Crippen molar-refractivity contribution >= 4 is 36.7 Å². The monoisotopic (exact) mass is 304 g/mol. The van der Waals surface area contributed by atoms with Gasteiger partial charge in [0, 0.05) is 13.6 Å². The van der Waals surface area contributed by atoms with E-state index in [4.69, 9.17) is 20.9 Å². The lowest BCUT2D eigenvalue weighted by Gasteiger charge is -2.32. The molecule has 1 amide bonds. The maximum atomic E-state index is 12.5. The van der Waals surface area contributed by atoms with Crippen molar-refractivity contribution in [2.75, 3.05) is 26.8 Å². The summed E-state index contributed by atoms with van der Waals surface area (Å²) in [4.78, 5) is 10.5. The first-order valence-electron chi connectivity index (χ1n) is 5.19.